The van der Waals surface area contributed by atoms with Crippen LogP contribution in [-0.2, 0) is 24.3 Å². The molecule has 3 N–H and O–H groups in total. The third kappa shape index (κ3) is 3.24. The van der Waals surface area contributed by atoms with Gasteiger partial charge in [-0.3, -0.25) is 4.79 Å². The third-order valence-electron chi connectivity index (χ3n) is 3.33. The van der Waals surface area contributed by atoms with Gasteiger partial charge in [0.15, 0.2) is 0 Å². The second kappa shape index (κ2) is 6.34. The summed E-state index contributed by atoms with van der Waals surface area (Å²) in [6, 6.07) is 7.82. The summed E-state index contributed by atoms with van der Waals surface area (Å²) in [6.07, 6.45) is 0.284. The molecule has 20 heavy (non-hydrogen) atoms. The number of rotatable bonds is 5. The lowest BCUT2D eigenvalue weighted by Gasteiger charge is -2.09. The van der Waals surface area contributed by atoms with Crippen molar-refractivity contribution >= 4 is 5.91 Å². The third-order valence-corrected chi connectivity index (χ3v) is 3.33. The van der Waals surface area contributed by atoms with Crippen molar-refractivity contribution in [3.63, 3.8) is 0 Å². The number of carbonyl (C=O) groups excluding carboxylic acids is 1. The number of aryl methyl sites for hydroxylation is 2. The molecule has 1 aromatic heterocycles. The Hall–Kier alpha value is -2.14. The Balaban J connectivity index is 1.96. The lowest BCUT2D eigenvalue weighted by molar-refractivity contribution is -0.120. The minimum Gasteiger partial charge on any atom is -0.361 e. The molecule has 1 heterocycles. The van der Waals surface area contributed by atoms with Gasteiger partial charge in [-0.25, -0.2) is 0 Å². The topological polar surface area (TPSA) is 81.2 Å². The zero-order valence-corrected chi connectivity index (χ0v) is 11.8. The molecule has 0 aliphatic carbocycles. The summed E-state index contributed by atoms with van der Waals surface area (Å²) in [5, 5.41) is 6.75. The fourth-order valence-electron chi connectivity index (χ4n) is 2.10. The molecule has 0 saturated carbocycles. The summed E-state index contributed by atoms with van der Waals surface area (Å²) < 4.78 is 5.05. The molecule has 0 saturated heterocycles. The highest BCUT2D eigenvalue weighted by Gasteiger charge is 2.13. The SMILES string of the molecule is Cc1noc(C)c1CC(=O)NCc1ccccc1CN. The Morgan fingerprint density at radius 1 is 1.30 bits per heavy atom. The first kappa shape index (κ1) is 14.3. The zero-order chi connectivity index (χ0) is 14.5. The molecule has 0 aliphatic heterocycles. The van der Waals surface area contributed by atoms with Crippen molar-refractivity contribution in [1.82, 2.24) is 10.5 Å². The number of amides is 1. The van der Waals surface area contributed by atoms with Gasteiger partial charge in [-0.1, -0.05) is 29.4 Å². The van der Waals surface area contributed by atoms with Crippen LogP contribution in [0.4, 0.5) is 0 Å². The summed E-state index contributed by atoms with van der Waals surface area (Å²) in [6.45, 7) is 4.60. The molecule has 0 aliphatic rings. The van der Waals surface area contributed by atoms with Gasteiger partial charge in [-0.05, 0) is 25.0 Å². The van der Waals surface area contributed by atoms with Crippen molar-refractivity contribution in [3.05, 3.63) is 52.4 Å². The van der Waals surface area contributed by atoms with E-state index in [0.29, 0.717) is 18.8 Å². The fourth-order valence-corrected chi connectivity index (χ4v) is 2.10. The first-order valence-electron chi connectivity index (χ1n) is 6.57. The van der Waals surface area contributed by atoms with Crippen molar-refractivity contribution in [2.45, 2.75) is 33.4 Å². The smallest absolute Gasteiger partial charge is 0.224 e. The number of nitrogens with zero attached hydrogens (tertiary/aromatic N) is 1. The lowest BCUT2D eigenvalue weighted by Crippen LogP contribution is -2.25. The van der Waals surface area contributed by atoms with Crippen LogP contribution in [0.15, 0.2) is 28.8 Å². The molecule has 2 rings (SSSR count). The number of nitrogens with two attached hydrogens (primary N) is 1. The van der Waals surface area contributed by atoms with Gasteiger partial charge in [-0.15, -0.1) is 0 Å². The van der Waals surface area contributed by atoms with Gasteiger partial charge < -0.3 is 15.6 Å². The minimum atomic E-state index is -0.0498. The van der Waals surface area contributed by atoms with E-state index < -0.39 is 0 Å². The highest BCUT2D eigenvalue weighted by molar-refractivity contribution is 5.79. The molecule has 0 radical (unpaired) electrons. The van der Waals surface area contributed by atoms with Crippen LogP contribution in [0.3, 0.4) is 0 Å². The number of hydrogen-bond donors (Lipinski definition) is 2. The maximum absolute atomic E-state index is 12.0. The predicted molar refractivity (Wildman–Crippen MR) is 75.9 cm³/mol. The highest BCUT2D eigenvalue weighted by atomic mass is 16.5. The summed E-state index contributed by atoms with van der Waals surface area (Å²) in [5.41, 5.74) is 9.38. The molecule has 2 aromatic rings. The van der Waals surface area contributed by atoms with E-state index in [0.717, 1.165) is 22.4 Å². The Kier molecular flexibility index (Phi) is 4.53. The minimum absolute atomic E-state index is 0.0498. The largest absolute Gasteiger partial charge is 0.361 e. The van der Waals surface area contributed by atoms with Gasteiger partial charge in [0.25, 0.3) is 0 Å². The normalized spacial score (nSPS) is 10.6. The summed E-state index contributed by atoms with van der Waals surface area (Å²) in [4.78, 5) is 12.0. The molecule has 1 aromatic carbocycles. The van der Waals surface area contributed by atoms with Gasteiger partial charge in [0, 0.05) is 18.7 Å². The number of hydrogen-bond acceptors (Lipinski definition) is 4. The Morgan fingerprint density at radius 2 is 2.00 bits per heavy atom. The van der Waals surface area contributed by atoms with E-state index in [-0.39, 0.29) is 12.3 Å². The van der Waals surface area contributed by atoms with E-state index in [1.807, 2.05) is 38.1 Å². The Morgan fingerprint density at radius 3 is 2.60 bits per heavy atom. The number of benzene rings is 1. The van der Waals surface area contributed by atoms with E-state index in [4.69, 9.17) is 10.3 Å². The quantitative estimate of drug-likeness (QED) is 0.867. The first-order chi connectivity index (χ1) is 9.61. The van der Waals surface area contributed by atoms with E-state index in [1.54, 1.807) is 0 Å². The maximum Gasteiger partial charge on any atom is 0.224 e. The van der Waals surface area contributed by atoms with E-state index in [2.05, 4.69) is 10.5 Å². The summed E-state index contributed by atoms with van der Waals surface area (Å²) in [5.74, 6) is 0.645. The summed E-state index contributed by atoms with van der Waals surface area (Å²) >= 11 is 0. The van der Waals surface area contributed by atoms with E-state index in [9.17, 15) is 4.79 Å². The molecule has 5 heteroatoms. The molecule has 106 valence electrons. The standard InChI is InChI=1S/C15H19N3O2/c1-10-14(11(2)20-18-10)7-15(19)17-9-13-6-4-3-5-12(13)8-16/h3-6H,7-9,16H2,1-2H3,(H,17,19). The highest BCUT2D eigenvalue weighted by Crippen LogP contribution is 2.13. The van der Waals surface area contributed by atoms with Gasteiger partial charge in [0.2, 0.25) is 5.91 Å². The lowest BCUT2D eigenvalue weighted by atomic mass is 10.1. The molecule has 0 atom stereocenters. The van der Waals surface area contributed by atoms with Crippen LogP contribution in [0.2, 0.25) is 0 Å². The van der Waals surface area contributed by atoms with E-state index >= 15 is 0 Å². The molecule has 1 amide bonds. The second-order valence-electron chi connectivity index (χ2n) is 4.73. The maximum atomic E-state index is 12.0. The van der Waals surface area contributed by atoms with Crippen LogP contribution in [0.1, 0.15) is 28.1 Å². The van der Waals surface area contributed by atoms with Crippen molar-refractivity contribution < 1.29 is 9.32 Å². The van der Waals surface area contributed by atoms with Crippen LogP contribution < -0.4 is 11.1 Å². The van der Waals surface area contributed by atoms with Crippen molar-refractivity contribution in [3.8, 4) is 0 Å². The van der Waals surface area contributed by atoms with Gasteiger partial charge in [-0.2, -0.15) is 0 Å². The van der Waals surface area contributed by atoms with Crippen LogP contribution in [-0.4, -0.2) is 11.1 Å². The van der Waals surface area contributed by atoms with Crippen LogP contribution >= 0.6 is 0 Å². The zero-order valence-electron chi connectivity index (χ0n) is 11.8. The van der Waals surface area contributed by atoms with Crippen molar-refractivity contribution in [2.75, 3.05) is 0 Å². The van der Waals surface area contributed by atoms with Gasteiger partial charge in [0.1, 0.15) is 5.76 Å². The first-order valence-corrected chi connectivity index (χ1v) is 6.57. The Labute approximate surface area is 118 Å². The van der Waals surface area contributed by atoms with E-state index in [1.165, 1.54) is 0 Å². The van der Waals surface area contributed by atoms with Crippen LogP contribution in [0.5, 0.6) is 0 Å². The molecule has 0 unspecified atom stereocenters. The van der Waals surface area contributed by atoms with Crippen LogP contribution in [0, 0.1) is 13.8 Å². The molecular weight excluding hydrogens is 254 g/mol. The average Bonchev–Trinajstić information content (AvgIpc) is 2.77. The molecule has 0 fully saturated rings. The Bertz CT molecular complexity index is 585. The second-order valence-corrected chi connectivity index (χ2v) is 4.73. The van der Waals surface area contributed by atoms with Crippen molar-refractivity contribution in [1.29, 1.82) is 0 Å². The molecule has 0 bridgehead atoms. The number of aromatic nitrogens is 1. The number of carbonyl (C=O) groups is 1. The summed E-state index contributed by atoms with van der Waals surface area (Å²) in [7, 11) is 0. The van der Waals surface area contributed by atoms with Crippen molar-refractivity contribution in [2.24, 2.45) is 5.73 Å². The van der Waals surface area contributed by atoms with Gasteiger partial charge >= 0.3 is 0 Å². The molecule has 0 spiro atoms. The van der Waals surface area contributed by atoms with Gasteiger partial charge in [0.05, 0.1) is 12.1 Å². The monoisotopic (exact) mass is 273 g/mol. The van der Waals surface area contributed by atoms with Crippen LogP contribution in [0.25, 0.3) is 0 Å². The fraction of sp³-hybridized carbons (Fsp3) is 0.333. The molecular formula is C15H19N3O2. The average molecular weight is 273 g/mol. The predicted octanol–water partition coefficient (Wildman–Crippen LogP) is 1.61. The number of nitrogens with one attached hydrogen (secondary N) is 1. The molecule has 5 nitrogen and oxygen atoms in total.